The van der Waals surface area contributed by atoms with Crippen LogP contribution in [0.1, 0.15) is 30.1 Å². The Balaban J connectivity index is 1.46. The van der Waals surface area contributed by atoms with Crippen molar-refractivity contribution >= 4 is 11.6 Å². The highest BCUT2D eigenvalue weighted by Gasteiger charge is 2.25. The summed E-state index contributed by atoms with van der Waals surface area (Å²) in [6.45, 7) is 1.06. The van der Waals surface area contributed by atoms with Crippen LogP contribution in [0.2, 0.25) is 0 Å². The predicted octanol–water partition coefficient (Wildman–Crippen LogP) is 2.37. The molecule has 0 aromatic heterocycles. The lowest BCUT2D eigenvalue weighted by Gasteiger charge is -2.23. The highest BCUT2D eigenvalue weighted by atomic mass is 16.5. The Bertz CT molecular complexity index is 749. The summed E-state index contributed by atoms with van der Waals surface area (Å²) in [7, 11) is 0. The van der Waals surface area contributed by atoms with E-state index in [2.05, 4.69) is 22.8 Å². The van der Waals surface area contributed by atoms with Gasteiger partial charge in [0.1, 0.15) is 11.4 Å². The molecule has 2 aromatic carbocycles. The molecule has 26 heavy (non-hydrogen) atoms. The zero-order chi connectivity index (χ0) is 18.4. The third-order valence-electron chi connectivity index (χ3n) is 4.39. The quantitative estimate of drug-likeness (QED) is 0.431. The fraction of sp³-hybridized carbons (Fsp3) is 0.350. The van der Waals surface area contributed by atoms with Crippen molar-refractivity contribution in [3.8, 4) is 11.5 Å². The first-order valence-electron chi connectivity index (χ1n) is 8.86. The highest BCUT2D eigenvalue weighted by Crippen LogP contribution is 2.41. The first-order chi connectivity index (χ1) is 12.6. The van der Waals surface area contributed by atoms with Crippen molar-refractivity contribution < 1.29 is 19.7 Å². The molecule has 0 fully saturated rings. The Morgan fingerprint density at radius 1 is 1.15 bits per heavy atom. The van der Waals surface area contributed by atoms with Crippen molar-refractivity contribution in [2.24, 2.45) is 0 Å². The van der Waals surface area contributed by atoms with Crippen LogP contribution in [0.4, 0.5) is 5.69 Å². The van der Waals surface area contributed by atoms with E-state index in [4.69, 9.17) is 4.74 Å². The van der Waals surface area contributed by atoms with Gasteiger partial charge in [-0.3, -0.25) is 4.79 Å². The molecule has 0 spiro atoms. The molecule has 1 atom stereocenters. The van der Waals surface area contributed by atoms with E-state index in [1.807, 2.05) is 18.2 Å². The third-order valence-corrected chi connectivity index (χ3v) is 4.39. The van der Waals surface area contributed by atoms with Gasteiger partial charge in [0, 0.05) is 12.1 Å². The van der Waals surface area contributed by atoms with Gasteiger partial charge in [-0.1, -0.05) is 30.3 Å². The molecule has 0 saturated carbocycles. The van der Waals surface area contributed by atoms with E-state index in [1.165, 1.54) is 11.6 Å². The summed E-state index contributed by atoms with van der Waals surface area (Å²) in [5.41, 5.74) is 2.11. The lowest BCUT2D eigenvalue weighted by atomic mass is 10.0. The Morgan fingerprint density at radius 2 is 1.96 bits per heavy atom. The maximum absolute atomic E-state index is 11.4. The van der Waals surface area contributed by atoms with E-state index in [1.54, 1.807) is 6.07 Å². The molecule has 6 heteroatoms. The SMILES string of the molecule is O=C1COc2c(C(O)CNCCCCc3ccccc3)ccc(O)c2N1. The van der Waals surface area contributed by atoms with Crippen molar-refractivity contribution in [3.63, 3.8) is 0 Å². The second kappa shape index (κ2) is 8.69. The zero-order valence-electron chi connectivity index (χ0n) is 14.6. The van der Waals surface area contributed by atoms with Gasteiger partial charge < -0.3 is 25.6 Å². The van der Waals surface area contributed by atoms with E-state index < -0.39 is 6.10 Å². The number of hydrogen-bond acceptors (Lipinski definition) is 5. The molecule has 0 radical (unpaired) electrons. The number of aliphatic hydroxyl groups is 1. The number of fused-ring (bicyclic) bond motifs is 1. The molecule has 1 aliphatic rings. The molecule has 1 aliphatic heterocycles. The fourth-order valence-electron chi connectivity index (χ4n) is 3.01. The van der Waals surface area contributed by atoms with Crippen LogP contribution in [0.25, 0.3) is 0 Å². The molecule has 0 bridgehead atoms. The van der Waals surface area contributed by atoms with Crippen LogP contribution in [0, 0.1) is 0 Å². The van der Waals surface area contributed by atoms with Crippen molar-refractivity contribution in [2.45, 2.75) is 25.4 Å². The maximum atomic E-state index is 11.4. The lowest BCUT2D eigenvalue weighted by molar-refractivity contribution is -0.118. The normalized spacial score (nSPS) is 14.3. The summed E-state index contributed by atoms with van der Waals surface area (Å²) in [5.74, 6) is -0.0585. The van der Waals surface area contributed by atoms with Crippen LogP contribution in [0.5, 0.6) is 11.5 Å². The van der Waals surface area contributed by atoms with Crippen molar-refractivity contribution in [2.75, 3.05) is 25.0 Å². The van der Waals surface area contributed by atoms with E-state index >= 15 is 0 Å². The van der Waals surface area contributed by atoms with E-state index in [0.717, 1.165) is 25.8 Å². The summed E-state index contributed by atoms with van der Waals surface area (Å²) >= 11 is 0. The Morgan fingerprint density at radius 3 is 2.77 bits per heavy atom. The van der Waals surface area contributed by atoms with E-state index in [0.29, 0.717) is 17.9 Å². The van der Waals surface area contributed by atoms with Crippen molar-refractivity contribution in [1.82, 2.24) is 5.32 Å². The van der Waals surface area contributed by atoms with Gasteiger partial charge in [0.2, 0.25) is 0 Å². The molecular weight excluding hydrogens is 332 g/mol. The molecule has 6 nitrogen and oxygen atoms in total. The lowest BCUT2D eigenvalue weighted by Crippen LogP contribution is -2.28. The highest BCUT2D eigenvalue weighted by molar-refractivity contribution is 5.97. The van der Waals surface area contributed by atoms with Gasteiger partial charge in [0.25, 0.3) is 5.91 Å². The number of benzene rings is 2. The number of anilines is 1. The molecule has 0 saturated heterocycles. The summed E-state index contributed by atoms with van der Waals surface area (Å²) in [4.78, 5) is 11.4. The molecule has 4 N–H and O–H groups in total. The van der Waals surface area contributed by atoms with Crippen LogP contribution >= 0.6 is 0 Å². The van der Waals surface area contributed by atoms with Crippen LogP contribution in [0.3, 0.4) is 0 Å². The number of carbonyl (C=O) groups excluding carboxylic acids is 1. The number of unbranched alkanes of at least 4 members (excludes halogenated alkanes) is 1. The van der Waals surface area contributed by atoms with Crippen molar-refractivity contribution in [1.29, 1.82) is 0 Å². The van der Waals surface area contributed by atoms with E-state index in [9.17, 15) is 15.0 Å². The summed E-state index contributed by atoms with van der Waals surface area (Å²) in [5, 5.41) is 26.1. The summed E-state index contributed by atoms with van der Waals surface area (Å²) in [6.07, 6.45) is 2.36. The third kappa shape index (κ3) is 4.53. The van der Waals surface area contributed by atoms with Gasteiger partial charge in [-0.25, -0.2) is 0 Å². The maximum Gasteiger partial charge on any atom is 0.262 e. The Kier molecular flexibility index (Phi) is 6.09. The van der Waals surface area contributed by atoms with Gasteiger partial charge in [-0.2, -0.15) is 0 Å². The molecular formula is C20H24N2O4. The monoisotopic (exact) mass is 356 g/mol. The molecule has 2 aromatic rings. The topological polar surface area (TPSA) is 90.8 Å². The number of hydrogen-bond donors (Lipinski definition) is 4. The molecule has 3 rings (SSSR count). The summed E-state index contributed by atoms with van der Waals surface area (Å²) in [6, 6.07) is 13.4. The molecule has 1 unspecified atom stereocenters. The van der Waals surface area contributed by atoms with Gasteiger partial charge in [-0.05, 0) is 43.5 Å². The zero-order valence-corrected chi connectivity index (χ0v) is 14.6. The smallest absolute Gasteiger partial charge is 0.262 e. The second-order valence-electron chi connectivity index (χ2n) is 6.38. The van der Waals surface area contributed by atoms with Gasteiger partial charge in [0.05, 0.1) is 6.10 Å². The number of aliphatic hydroxyl groups excluding tert-OH is 1. The predicted molar refractivity (Wildman–Crippen MR) is 99.4 cm³/mol. The van der Waals surface area contributed by atoms with Crippen molar-refractivity contribution in [3.05, 3.63) is 53.6 Å². The number of rotatable bonds is 8. The Hall–Kier alpha value is -2.57. The van der Waals surface area contributed by atoms with Crippen LogP contribution in [0.15, 0.2) is 42.5 Å². The number of phenols is 1. The van der Waals surface area contributed by atoms with Gasteiger partial charge >= 0.3 is 0 Å². The van der Waals surface area contributed by atoms with E-state index in [-0.39, 0.29) is 24.0 Å². The van der Waals surface area contributed by atoms with Gasteiger partial charge in [0.15, 0.2) is 12.4 Å². The minimum atomic E-state index is -0.784. The molecule has 138 valence electrons. The molecule has 1 heterocycles. The largest absolute Gasteiger partial charge is 0.506 e. The average molecular weight is 356 g/mol. The van der Waals surface area contributed by atoms with Crippen LogP contribution in [-0.2, 0) is 11.2 Å². The standard InChI is InChI=1S/C20H24N2O4/c23-16-10-9-15(20-19(16)22-18(25)13-26-20)17(24)12-21-11-5-4-8-14-6-2-1-3-7-14/h1-3,6-7,9-10,17,21,23-24H,4-5,8,11-13H2,(H,22,25). The number of carbonyl (C=O) groups is 1. The number of phenolic OH excluding ortho intramolecular Hbond substituents is 1. The fourth-order valence-corrected chi connectivity index (χ4v) is 3.01. The van der Waals surface area contributed by atoms with Crippen LogP contribution < -0.4 is 15.4 Å². The average Bonchev–Trinajstić information content (AvgIpc) is 2.66. The first-order valence-corrected chi connectivity index (χ1v) is 8.86. The number of aryl methyl sites for hydroxylation is 1. The number of amides is 1. The number of nitrogens with one attached hydrogen (secondary N) is 2. The summed E-state index contributed by atoms with van der Waals surface area (Å²) < 4.78 is 5.40. The first kappa shape index (κ1) is 18.2. The van der Waals surface area contributed by atoms with Gasteiger partial charge in [-0.15, -0.1) is 0 Å². The number of ether oxygens (including phenoxy) is 1. The second-order valence-corrected chi connectivity index (χ2v) is 6.38. The number of aromatic hydroxyl groups is 1. The minimum absolute atomic E-state index is 0.0714. The Labute approximate surface area is 152 Å². The molecule has 0 aliphatic carbocycles. The van der Waals surface area contributed by atoms with Crippen LogP contribution in [-0.4, -0.2) is 35.8 Å². The minimum Gasteiger partial charge on any atom is -0.506 e. The molecule has 1 amide bonds.